The number of thioether (sulfide) groups is 2. The molecule has 0 spiro atoms. The Labute approximate surface area is 331 Å². The molecular weight excluding hydrogens is 741 g/mol. The highest BCUT2D eigenvalue weighted by Gasteiger charge is 2.42. The summed E-state index contributed by atoms with van der Waals surface area (Å²) in [5.74, 6) is 2.09. The van der Waals surface area contributed by atoms with Gasteiger partial charge in [-0.15, -0.1) is 23.5 Å². The van der Waals surface area contributed by atoms with E-state index in [0.29, 0.717) is 41.0 Å². The van der Waals surface area contributed by atoms with Crippen LogP contribution in [0.2, 0.25) is 0 Å². The third kappa shape index (κ3) is 11.9. The van der Waals surface area contributed by atoms with Crippen molar-refractivity contribution < 1.29 is 29.6 Å². The zero-order valence-electron chi connectivity index (χ0n) is 32.1. The van der Waals surface area contributed by atoms with Crippen LogP contribution in [0.3, 0.4) is 0 Å². The van der Waals surface area contributed by atoms with E-state index in [4.69, 9.17) is 15.6 Å². The normalized spacial score (nSPS) is 23.8. The molecule has 7 atom stereocenters. The summed E-state index contributed by atoms with van der Waals surface area (Å²) in [4.78, 5) is 45.0. The van der Waals surface area contributed by atoms with Gasteiger partial charge >= 0.3 is 5.69 Å². The van der Waals surface area contributed by atoms with Gasteiger partial charge in [0.25, 0.3) is 5.91 Å². The Hall–Kier alpha value is -3.60. The summed E-state index contributed by atoms with van der Waals surface area (Å²) in [5.41, 5.74) is 5.22. The molecule has 6 rings (SSSR count). The number of likely N-dealkylation sites (tertiary alicyclic amines) is 1. The Kier molecular flexibility index (Phi) is 15.1. The molecule has 0 unspecified atom stereocenters. The average molecular weight is 797 g/mol. The zero-order chi connectivity index (χ0) is 39.7. The lowest BCUT2D eigenvalue weighted by Gasteiger charge is -2.47. The largest absolute Gasteiger partial charge is 0.508 e. The summed E-state index contributed by atoms with van der Waals surface area (Å²) in [7, 11) is 0. The van der Waals surface area contributed by atoms with E-state index >= 15 is 0 Å². The first-order valence-corrected chi connectivity index (χ1v) is 21.0. The smallest absolute Gasteiger partial charge is 0.351 e. The number of benzene rings is 2. The number of rotatable bonds is 11. The Bertz CT molecular complexity index is 1790. The highest BCUT2D eigenvalue weighted by atomic mass is 32.2. The fourth-order valence-corrected chi connectivity index (χ4v) is 9.35. The van der Waals surface area contributed by atoms with Gasteiger partial charge in [-0.1, -0.05) is 43.5 Å². The first-order chi connectivity index (χ1) is 26.2. The second-order valence-electron chi connectivity index (χ2n) is 15.5. The Morgan fingerprint density at radius 2 is 1.82 bits per heavy atom. The number of aromatic nitrogens is 2. The number of nitrogen functional groups attached to an aromatic ring is 1. The molecule has 2 aromatic carbocycles. The lowest BCUT2D eigenvalue weighted by molar-refractivity contribution is -0.132. The van der Waals surface area contributed by atoms with Crippen LogP contribution in [0, 0.1) is 18.8 Å². The van der Waals surface area contributed by atoms with E-state index in [1.807, 2.05) is 51.1 Å². The number of piperidine rings is 1. The molecule has 7 N–H and O–H groups in total. The number of nitrogens with zero attached hydrogens (tertiary/aromatic N) is 3. The summed E-state index contributed by atoms with van der Waals surface area (Å²) in [6.07, 6.45) is 5.85. The molecule has 2 amide bonds. The fourth-order valence-electron chi connectivity index (χ4n) is 7.39. The van der Waals surface area contributed by atoms with Gasteiger partial charge in [0.05, 0.1) is 24.8 Å². The number of nitrogens with one attached hydrogen (secondary N) is 2. The van der Waals surface area contributed by atoms with Crippen molar-refractivity contribution in [2.45, 2.75) is 100 Å². The van der Waals surface area contributed by atoms with Crippen molar-refractivity contribution in [3.8, 4) is 5.75 Å². The fraction of sp³-hybridized carbons (Fsp3) is 0.550. The van der Waals surface area contributed by atoms with E-state index in [0.717, 1.165) is 30.7 Å². The van der Waals surface area contributed by atoms with E-state index in [9.17, 15) is 24.6 Å². The summed E-state index contributed by atoms with van der Waals surface area (Å²) >= 11 is 3.04. The van der Waals surface area contributed by atoms with Gasteiger partial charge in [0, 0.05) is 52.4 Å². The van der Waals surface area contributed by atoms with Crippen LogP contribution in [0.1, 0.15) is 75.0 Å². The van der Waals surface area contributed by atoms with Crippen LogP contribution in [0.15, 0.2) is 70.5 Å². The Balaban J connectivity index is 0.000000321. The highest BCUT2D eigenvalue weighted by molar-refractivity contribution is 8.00. The lowest BCUT2D eigenvalue weighted by Crippen LogP contribution is -2.60. The van der Waals surface area contributed by atoms with Crippen molar-refractivity contribution in [2.75, 3.05) is 36.9 Å². The monoisotopic (exact) mass is 796 g/mol. The number of hydrogen-bond donors (Lipinski definition) is 6. The zero-order valence-corrected chi connectivity index (χ0v) is 33.7. The molecule has 13 nitrogen and oxygen atoms in total. The number of ether oxygens (including phenoxy) is 1. The molecule has 15 heteroatoms. The predicted octanol–water partition coefficient (Wildman–Crippen LogP) is 4.15. The number of anilines is 1. The molecule has 300 valence electrons. The average Bonchev–Trinajstić information content (AvgIpc) is 3.63. The van der Waals surface area contributed by atoms with Crippen LogP contribution >= 0.6 is 23.5 Å². The molecule has 0 radical (unpaired) electrons. The molecule has 2 saturated heterocycles. The quantitative estimate of drug-likeness (QED) is 0.152. The van der Waals surface area contributed by atoms with Crippen molar-refractivity contribution in [1.29, 1.82) is 0 Å². The molecule has 0 bridgehead atoms. The van der Waals surface area contributed by atoms with Gasteiger partial charge < -0.3 is 36.4 Å². The minimum Gasteiger partial charge on any atom is -0.508 e. The molecule has 55 heavy (non-hydrogen) atoms. The van der Waals surface area contributed by atoms with E-state index in [1.165, 1.54) is 29.2 Å². The molecule has 1 saturated carbocycles. The number of β-amino-alcohol motifs (C(OH)–C–C–N with tert-alkyl or cyclic N) is 1. The topological polar surface area (TPSA) is 192 Å². The third-order valence-electron chi connectivity index (χ3n) is 10.3. The van der Waals surface area contributed by atoms with Crippen molar-refractivity contribution in [1.82, 2.24) is 25.1 Å². The van der Waals surface area contributed by atoms with Crippen LogP contribution in [0.25, 0.3) is 0 Å². The number of amides is 2. The molecule has 3 fully saturated rings. The Morgan fingerprint density at radius 3 is 2.49 bits per heavy atom. The molecule has 1 aliphatic carbocycles. The van der Waals surface area contributed by atoms with Gasteiger partial charge in [-0.2, -0.15) is 4.98 Å². The first-order valence-electron chi connectivity index (χ1n) is 19.0. The van der Waals surface area contributed by atoms with Crippen LogP contribution in [-0.4, -0.2) is 102 Å². The van der Waals surface area contributed by atoms with Crippen LogP contribution in [0.4, 0.5) is 5.82 Å². The predicted molar refractivity (Wildman–Crippen MR) is 217 cm³/mol. The number of carbonyl (C=O) groups is 2. The molecule has 2 aliphatic heterocycles. The van der Waals surface area contributed by atoms with Crippen molar-refractivity contribution in [3.05, 3.63) is 82.4 Å². The highest BCUT2D eigenvalue weighted by Crippen LogP contribution is 2.39. The van der Waals surface area contributed by atoms with E-state index in [-0.39, 0.29) is 53.2 Å². The summed E-state index contributed by atoms with van der Waals surface area (Å²) < 4.78 is 6.79. The first kappa shape index (κ1) is 42.5. The van der Waals surface area contributed by atoms with Crippen LogP contribution in [0.5, 0.6) is 5.75 Å². The lowest BCUT2D eigenvalue weighted by atomic mass is 9.72. The van der Waals surface area contributed by atoms with Crippen molar-refractivity contribution in [2.24, 2.45) is 11.8 Å². The van der Waals surface area contributed by atoms with Crippen LogP contribution in [-0.2, 0) is 9.53 Å². The minimum absolute atomic E-state index is 0.0124. The molecule has 1 aromatic heterocycles. The SMILES string of the molecule is Cc1c(O)cccc1C(=O)N[C@@H](CSc1ccccc1)[C@H](O)CN1C[C@H]2CCCC[C@H]2C[C@H]1C(=O)NC(C)(C)C.Nc1ccn([C@@H]2CS[C@H](CO)O2)c(=O)n1. The number of aliphatic hydroxyl groups is 2. The molecule has 3 aromatic rings. The van der Waals surface area contributed by atoms with Gasteiger partial charge in [-0.05, 0) is 82.7 Å². The Morgan fingerprint density at radius 1 is 1.09 bits per heavy atom. The number of hydrogen-bond acceptors (Lipinski definition) is 12. The molecule has 3 heterocycles. The molecular formula is C40H56N6O7S2. The maximum Gasteiger partial charge on any atom is 0.351 e. The summed E-state index contributed by atoms with van der Waals surface area (Å²) in [5, 5.41) is 36.9. The van der Waals surface area contributed by atoms with E-state index < -0.39 is 17.8 Å². The third-order valence-corrected chi connectivity index (χ3v) is 12.5. The standard InChI is InChI=1S/C32H45N3O4S.C8H11N3O3S/c1-21-25(15-10-16-28(21)36)30(38)33-26(20-40-24-13-6-5-7-14-24)29(37)19-35-18-23-12-9-8-11-22(23)17-27(35)31(39)34-32(2,3)4;9-5-1-2-11(8(13)10-5)6-4-15-7(3-12)14-6/h5-7,10,13-16,22-23,26-27,29,36-37H,8-9,11-12,17-20H2,1-4H3,(H,33,38)(H,34,39);1-2,6-7,12H,3-4H2,(H2,9,10,13)/t22-,23+,26-,27-,29+;6-,7+/m00/s1. The minimum atomic E-state index is -0.886. The number of nitrogens with two attached hydrogens (primary N) is 1. The number of fused-ring (bicyclic) bond motifs is 1. The maximum absolute atomic E-state index is 13.5. The molecule has 3 aliphatic rings. The van der Waals surface area contributed by atoms with Crippen LogP contribution < -0.4 is 22.1 Å². The van der Waals surface area contributed by atoms with E-state index in [2.05, 4.69) is 20.5 Å². The van der Waals surface area contributed by atoms with Gasteiger partial charge in [0.2, 0.25) is 5.91 Å². The summed E-state index contributed by atoms with van der Waals surface area (Å²) in [6, 6.07) is 15.5. The maximum atomic E-state index is 13.5. The van der Waals surface area contributed by atoms with Gasteiger partial charge in [0.1, 0.15) is 23.2 Å². The van der Waals surface area contributed by atoms with Gasteiger partial charge in [0.15, 0.2) is 0 Å². The van der Waals surface area contributed by atoms with Crippen molar-refractivity contribution >= 4 is 41.2 Å². The number of carbonyl (C=O) groups excluding carboxylic acids is 2. The number of aliphatic hydroxyl groups excluding tert-OH is 2. The number of phenols is 1. The second-order valence-corrected chi connectivity index (χ2v) is 17.8. The van der Waals surface area contributed by atoms with E-state index in [1.54, 1.807) is 49.1 Å². The number of phenolic OH excluding ortho intramolecular Hbond substituents is 1. The van der Waals surface area contributed by atoms with Gasteiger partial charge in [-0.25, -0.2) is 4.79 Å². The van der Waals surface area contributed by atoms with Crippen molar-refractivity contribution in [3.63, 3.8) is 0 Å². The second kappa shape index (κ2) is 19.5. The number of aromatic hydroxyl groups is 1. The van der Waals surface area contributed by atoms with Gasteiger partial charge in [-0.3, -0.25) is 19.1 Å². The summed E-state index contributed by atoms with van der Waals surface area (Å²) in [6.45, 7) is 8.70.